The van der Waals surface area contributed by atoms with Gasteiger partial charge in [0, 0.05) is 25.2 Å². The zero-order chi connectivity index (χ0) is 17.6. The molecule has 0 aliphatic heterocycles. The molecule has 6 heteroatoms. The molecule has 5 nitrogen and oxygen atoms in total. The molecule has 0 bridgehead atoms. The average molecular weight is 346 g/mol. The number of anilines is 1. The van der Waals surface area contributed by atoms with E-state index in [-0.39, 0.29) is 25.4 Å². The van der Waals surface area contributed by atoms with Crippen molar-refractivity contribution in [1.29, 1.82) is 0 Å². The molecule has 0 saturated heterocycles. The number of amides is 1. The minimum atomic E-state index is -3.39. The molecule has 2 aromatic carbocycles. The third kappa shape index (κ3) is 5.79. The highest BCUT2D eigenvalue weighted by molar-refractivity contribution is 7.88. The maximum absolute atomic E-state index is 12.1. The molecule has 0 saturated carbocycles. The van der Waals surface area contributed by atoms with Gasteiger partial charge in [-0.05, 0) is 30.2 Å². The Balaban J connectivity index is 1.96. The molecule has 0 spiro atoms. The van der Waals surface area contributed by atoms with E-state index < -0.39 is 10.0 Å². The van der Waals surface area contributed by atoms with Gasteiger partial charge in [0.2, 0.25) is 15.9 Å². The van der Waals surface area contributed by atoms with E-state index in [1.807, 2.05) is 61.5 Å². The largest absolute Gasteiger partial charge is 0.326 e. The van der Waals surface area contributed by atoms with Crippen LogP contribution in [-0.2, 0) is 21.4 Å². The number of benzene rings is 2. The lowest BCUT2D eigenvalue weighted by atomic mass is 10.2. The van der Waals surface area contributed by atoms with Crippen molar-refractivity contribution < 1.29 is 13.2 Å². The SMILES string of the molecule is Cc1cccc(NC(=O)CCN(Cc2ccccc2)S(C)(=O)=O)c1. The number of nitrogens with zero attached hydrogens (tertiary/aromatic N) is 1. The van der Waals surface area contributed by atoms with Crippen molar-refractivity contribution in [3.05, 3.63) is 65.7 Å². The predicted octanol–water partition coefficient (Wildman–Crippen LogP) is 2.79. The summed E-state index contributed by atoms with van der Waals surface area (Å²) in [5, 5.41) is 2.79. The van der Waals surface area contributed by atoms with E-state index >= 15 is 0 Å². The Morgan fingerprint density at radius 2 is 1.79 bits per heavy atom. The molecule has 0 heterocycles. The number of sulfonamides is 1. The first kappa shape index (κ1) is 18.2. The molecule has 0 aliphatic rings. The molecule has 0 unspecified atom stereocenters. The second-order valence-corrected chi connectivity index (χ2v) is 7.73. The van der Waals surface area contributed by atoms with Crippen molar-refractivity contribution >= 4 is 21.6 Å². The monoisotopic (exact) mass is 346 g/mol. The summed E-state index contributed by atoms with van der Waals surface area (Å²) in [4.78, 5) is 12.1. The number of rotatable bonds is 7. The van der Waals surface area contributed by atoms with E-state index in [4.69, 9.17) is 0 Å². The molecule has 0 fully saturated rings. The fourth-order valence-corrected chi connectivity index (χ4v) is 3.13. The van der Waals surface area contributed by atoms with Crippen molar-refractivity contribution in [1.82, 2.24) is 4.31 Å². The smallest absolute Gasteiger partial charge is 0.225 e. The van der Waals surface area contributed by atoms with Gasteiger partial charge in [0.25, 0.3) is 0 Å². The van der Waals surface area contributed by atoms with Crippen molar-refractivity contribution in [3.8, 4) is 0 Å². The van der Waals surface area contributed by atoms with Gasteiger partial charge in [-0.25, -0.2) is 8.42 Å². The Bertz CT molecular complexity index is 789. The van der Waals surface area contributed by atoms with Crippen molar-refractivity contribution in [2.75, 3.05) is 18.1 Å². The normalized spacial score (nSPS) is 11.5. The lowest BCUT2D eigenvalue weighted by Crippen LogP contribution is -2.32. The maximum Gasteiger partial charge on any atom is 0.225 e. The Morgan fingerprint density at radius 3 is 2.42 bits per heavy atom. The number of carbonyl (C=O) groups excluding carboxylic acids is 1. The average Bonchev–Trinajstić information content (AvgIpc) is 2.51. The van der Waals surface area contributed by atoms with Gasteiger partial charge in [0.05, 0.1) is 6.26 Å². The molecule has 0 aromatic heterocycles. The van der Waals surface area contributed by atoms with Crippen LogP contribution in [0.25, 0.3) is 0 Å². The van der Waals surface area contributed by atoms with Gasteiger partial charge in [0.15, 0.2) is 0 Å². The van der Waals surface area contributed by atoms with Crippen LogP contribution < -0.4 is 5.32 Å². The summed E-state index contributed by atoms with van der Waals surface area (Å²) in [5.74, 6) is -0.206. The Labute approximate surface area is 143 Å². The number of nitrogens with one attached hydrogen (secondary N) is 1. The highest BCUT2D eigenvalue weighted by Gasteiger charge is 2.18. The quantitative estimate of drug-likeness (QED) is 0.838. The molecule has 0 radical (unpaired) electrons. The first-order valence-electron chi connectivity index (χ1n) is 7.70. The second-order valence-electron chi connectivity index (χ2n) is 5.75. The van der Waals surface area contributed by atoms with Crippen molar-refractivity contribution in [2.24, 2.45) is 0 Å². The van der Waals surface area contributed by atoms with Gasteiger partial charge < -0.3 is 5.32 Å². The molecule has 0 atom stereocenters. The summed E-state index contributed by atoms with van der Waals surface area (Å²) in [6.45, 7) is 2.35. The molecule has 1 amide bonds. The van der Waals surface area contributed by atoms with Gasteiger partial charge in [-0.15, -0.1) is 0 Å². The van der Waals surface area contributed by atoms with E-state index in [1.54, 1.807) is 0 Å². The summed E-state index contributed by atoms with van der Waals surface area (Å²) in [6, 6.07) is 16.8. The van der Waals surface area contributed by atoms with E-state index in [1.165, 1.54) is 4.31 Å². The van der Waals surface area contributed by atoms with Crippen LogP contribution >= 0.6 is 0 Å². The Kier molecular flexibility index (Phi) is 6.11. The lowest BCUT2D eigenvalue weighted by Gasteiger charge is -2.19. The Morgan fingerprint density at radius 1 is 1.08 bits per heavy atom. The fraction of sp³-hybridized carbons (Fsp3) is 0.278. The minimum Gasteiger partial charge on any atom is -0.326 e. The second kappa shape index (κ2) is 8.08. The molecule has 2 rings (SSSR count). The van der Waals surface area contributed by atoms with E-state index in [9.17, 15) is 13.2 Å². The van der Waals surface area contributed by atoms with Crippen molar-refractivity contribution in [3.63, 3.8) is 0 Å². The third-order valence-corrected chi connectivity index (χ3v) is 4.81. The van der Waals surface area contributed by atoms with E-state index in [0.29, 0.717) is 5.69 Å². The molecule has 0 aliphatic carbocycles. The number of hydrogen-bond donors (Lipinski definition) is 1. The highest BCUT2D eigenvalue weighted by Crippen LogP contribution is 2.12. The van der Waals surface area contributed by atoms with Gasteiger partial charge in [-0.1, -0.05) is 42.5 Å². The summed E-state index contributed by atoms with van der Waals surface area (Å²) >= 11 is 0. The number of aryl methyl sites for hydroxylation is 1. The first-order valence-corrected chi connectivity index (χ1v) is 9.55. The van der Waals surface area contributed by atoms with E-state index in [0.717, 1.165) is 17.4 Å². The molecular weight excluding hydrogens is 324 g/mol. The zero-order valence-corrected chi connectivity index (χ0v) is 14.7. The molecule has 2 aromatic rings. The Hall–Kier alpha value is -2.18. The van der Waals surface area contributed by atoms with Crippen LogP contribution in [0.3, 0.4) is 0 Å². The maximum atomic E-state index is 12.1. The molecule has 1 N–H and O–H groups in total. The van der Waals surface area contributed by atoms with Gasteiger partial charge in [-0.2, -0.15) is 4.31 Å². The van der Waals surface area contributed by atoms with Gasteiger partial charge >= 0.3 is 0 Å². The molecular formula is C18H22N2O3S. The summed E-state index contributed by atoms with van der Waals surface area (Å²) in [7, 11) is -3.39. The first-order chi connectivity index (χ1) is 11.3. The van der Waals surface area contributed by atoms with Crippen LogP contribution in [0.15, 0.2) is 54.6 Å². The third-order valence-electron chi connectivity index (χ3n) is 3.56. The fourth-order valence-electron chi connectivity index (χ4n) is 2.32. The molecule has 24 heavy (non-hydrogen) atoms. The topological polar surface area (TPSA) is 66.5 Å². The van der Waals surface area contributed by atoms with Crippen molar-refractivity contribution in [2.45, 2.75) is 19.9 Å². The van der Waals surface area contributed by atoms with Crippen LogP contribution in [0.5, 0.6) is 0 Å². The van der Waals surface area contributed by atoms with Crippen LogP contribution in [0.1, 0.15) is 17.5 Å². The highest BCUT2D eigenvalue weighted by atomic mass is 32.2. The zero-order valence-electron chi connectivity index (χ0n) is 13.9. The summed E-state index contributed by atoms with van der Waals surface area (Å²) < 4.78 is 25.2. The van der Waals surface area contributed by atoms with Gasteiger partial charge in [-0.3, -0.25) is 4.79 Å². The standard InChI is InChI=1S/C18H22N2O3S/c1-15-7-6-10-17(13-15)19-18(21)11-12-20(24(2,22)23)14-16-8-4-3-5-9-16/h3-10,13H,11-12,14H2,1-2H3,(H,19,21). The number of hydrogen-bond acceptors (Lipinski definition) is 3. The van der Waals surface area contributed by atoms with Crippen LogP contribution in [-0.4, -0.2) is 31.4 Å². The van der Waals surface area contributed by atoms with Crippen LogP contribution in [0, 0.1) is 6.92 Å². The van der Waals surface area contributed by atoms with Crippen LogP contribution in [0.4, 0.5) is 5.69 Å². The predicted molar refractivity (Wildman–Crippen MR) is 96.1 cm³/mol. The van der Waals surface area contributed by atoms with E-state index in [2.05, 4.69) is 5.32 Å². The summed E-state index contributed by atoms with van der Waals surface area (Å²) in [6.07, 6.45) is 1.27. The number of carbonyl (C=O) groups is 1. The lowest BCUT2D eigenvalue weighted by molar-refractivity contribution is -0.116. The molecule has 128 valence electrons. The summed E-state index contributed by atoms with van der Waals surface area (Å²) in [5.41, 5.74) is 2.66. The van der Waals surface area contributed by atoms with Crippen LogP contribution in [0.2, 0.25) is 0 Å². The van der Waals surface area contributed by atoms with Gasteiger partial charge in [0.1, 0.15) is 0 Å². The minimum absolute atomic E-state index is 0.105.